The van der Waals surface area contributed by atoms with Crippen molar-refractivity contribution in [3.8, 4) is 0 Å². The van der Waals surface area contributed by atoms with Crippen molar-refractivity contribution in [2.75, 3.05) is 19.7 Å². The highest BCUT2D eigenvalue weighted by Gasteiger charge is 2.20. The van der Waals surface area contributed by atoms with Crippen LogP contribution in [0.15, 0.2) is 10.8 Å². The quantitative estimate of drug-likeness (QED) is 0.798. The fraction of sp³-hybridized carbons (Fsp3) is 0.625. The Hall–Kier alpha value is -0.390. The minimum absolute atomic E-state index is 0.136. The van der Waals surface area contributed by atoms with Gasteiger partial charge in [-0.1, -0.05) is 0 Å². The molecule has 0 radical (unpaired) electrons. The number of hydrogen-bond donors (Lipinski definition) is 1. The smallest absolute Gasteiger partial charge is 0.109 e. The number of aromatic nitrogens is 2. The molecule has 1 N–H and O–H groups in total. The maximum Gasteiger partial charge on any atom is 0.109 e. The first-order chi connectivity index (χ1) is 6.29. The van der Waals surface area contributed by atoms with Crippen LogP contribution in [0, 0.1) is 0 Å². The van der Waals surface area contributed by atoms with Crippen molar-refractivity contribution >= 4 is 15.9 Å². The lowest BCUT2D eigenvalue weighted by Gasteiger charge is -2.22. The van der Waals surface area contributed by atoms with E-state index in [4.69, 9.17) is 4.74 Å². The van der Waals surface area contributed by atoms with E-state index in [1.54, 1.807) is 4.68 Å². The Morgan fingerprint density at radius 1 is 1.77 bits per heavy atom. The zero-order valence-corrected chi connectivity index (χ0v) is 9.04. The summed E-state index contributed by atoms with van der Waals surface area (Å²) < 4.78 is 8.41. The number of nitrogens with one attached hydrogen (secondary N) is 1. The summed E-state index contributed by atoms with van der Waals surface area (Å²) in [6, 6.07) is 0. The Morgan fingerprint density at radius 2 is 2.62 bits per heavy atom. The fourth-order valence-corrected chi connectivity index (χ4v) is 1.87. The summed E-state index contributed by atoms with van der Waals surface area (Å²) in [6.07, 6.45) is 1.98. The third kappa shape index (κ3) is 1.77. The molecule has 1 atom stereocenters. The molecule has 0 aliphatic carbocycles. The molecule has 5 heteroatoms. The second-order valence-corrected chi connectivity index (χ2v) is 3.83. The lowest BCUT2D eigenvalue weighted by atomic mass is 10.2. The van der Waals surface area contributed by atoms with Gasteiger partial charge in [0.25, 0.3) is 0 Å². The van der Waals surface area contributed by atoms with Gasteiger partial charge in [-0.2, -0.15) is 5.10 Å². The molecule has 13 heavy (non-hydrogen) atoms. The molecule has 0 amide bonds. The number of nitrogens with zero attached hydrogens (tertiary/aromatic N) is 2. The van der Waals surface area contributed by atoms with Gasteiger partial charge in [0.1, 0.15) is 4.60 Å². The average Bonchev–Trinajstić information content (AvgIpc) is 2.49. The summed E-state index contributed by atoms with van der Waals surface area (Å²) >= 11 is 3.48. The molecule has 72 valence electrons. The van der Waals surface area contributed by atoms with Gasteiger partial charge >= 0.3 is 0 Å². The van der Waals surface area contributed by atoms with Crippen LogP contribution in [-0.4, -0.2) is 29.5 Å². The van der Waals surface area contributed by atoms with E-state index in [1.807, 2.05) is 13.2 Å². The zero-order valence-electron chi connectivity index (χ0n) is 7.46. The summed E-state index contributed by atoms with van der Waals surface area (Å²) in [5.41, 5.74) is 1.12. The standard InChI is InChI=1S/C8H12BrN3O/c1-12-8(9)6(4-11-12)7-5-10-2-3-13-7/h4,7,10H,2-3,5H2,1H3. The molecule has 4 nitrogen and oxygen atoms in total. The predicted octanol–water partition coefficient (Wildman–Crippen LogP) is 0.843. The van der Waals surface area contributed by atoms with Gasteiger partial charge in [0.15, 0.2) is 0 Å². The lowest BCUT2D eigenvalue weighted by Crippen LogP contribution is -2.33. The summed E-state index contributed by atoms with van der Waals surface area (Å²) in [6.45, 7) is 2.57. The maximum absolute atomic E-state index is 5.61. The highest BCUT2D eigenvalue weighted by atomic mass is 79.9. The lowest BCUT2D eigenvalue weighted by molar-refractivity contribution is 0.0272. The van der Waals surface area contributed by atoms with Crippen LogP contribution in [0.4, 0.5) is 0 Å². The third-order valence-electron chi connectivity index (χ3n) is 2.17. The molecule has 0 saturated carbocycles. The van der Waals surface area contributed by atoms with Crippen LogP contribution < -0.4 is 5.32 Å². The van der Waals surface area contributed by atoms with E-state index >= 15 is 0 Å². The van der Waals surface area contributed by atoms with Gasteiger partial charge in [-0.05, 0) is 15.9 Å². The molecule has 1 saturated heterocycles. The number of rotatable bonds is 1. The van der Waals surface area contributed by atoms with Crippen molar-refractivity contribution in [3.63, 3.8) is 0 Å². The van der Waals surface area contributed by atoms with Gasteiger partial charge in [0.2, 0.25) is 0 Å². The molecular formula is C8H12BrN3O. The molecule has 1 unspecified atom stereocenters. The van der Waals surface area contributed by atoms with E-state index < -0.39 is 0 Å². The van der Waals surface area contributed by atoms with Crippen molar-refractivity contribution in [2.45, 2.75) is 6.10 Å². The Bertz CT molecular complexity index is 294. The first-order valence-electron chi connectivity index (χ1n) is 4.29. The predicted molar refractivity (Wildman–Crippen MR) is 52.5 cm³/mol. The monoisotopic (exact) mass is 245 g/mol. The molecular weight excluding hydrogens is 234 g/mol. The first kappa shape index (κ1) is 9.18. The normalized spacial score (nSPS) is 23.4. The molecule has 0 bridgehead atoms. The second-order valence-electron chi connectivity index (χ2n) is 3.08. The van der Waals surface area contributed by atoms with E-state index in [2.05, 4.69) is 26.3 Å². The van der Waals surface area contributed by atoms with E-state index in [0.717, 1.165) is 29.9 Å². The molecule has 0 aromatic carbocycles. The van der Waals surface area contributed by atoms with E-state index in [-0.39, 0.29) is 6.10 Å². The van der Waals surface area contributed by atoms with Crippen LogP contribution in [0.5, 0.6) is 0 Å². The van der Waals surface area contributed by atoms with Crippen LogP contribution in [0.3, 0.4) is 0 Å². The fourth-order valence-electron chi connectivity index (χ4n) is 1.42. The summed E-state index contributed by atoms with van der Waals surface area (Å²) in [4.78, 5) is 0. The second kappa shape index (κ2) is 3.77. The summed E-state index contributed by atoms with van der Waals surface area (Å²) in [5, 5.41) is 7.44. The van der Waals surface area contributed by atoms with Crippen molar-refractivity contribution in [3.05, 3.63) is 16.4 Å². The third-order valence-corrected chi connectivity index (χ3v) is 3.14. The van der Waals surface area contributed by atoms with Crippen molar-refractivity contribution in [1.82, 2.24) is 15.1 Å². The molecule has 0 spiro atoms. The van der Waals surface area contributed by atoms with Crippen LogP contribution in [0.1, 0.15) is 11.7 Å². The van der Waals surface area contributed by atoms with Gasteiger partial charge in [-0.15, -0.1) is 0 Å². The van der Waals surface area contributed by atoms with Crippen LogP contribution in [0.2, 0.25) is 0 Å². The molecule has 1 aromatic heterocycles. The maximum atomic E-state index is 5.61. The molecule has 2 rings (SSSR count). The number of halogens is 1. The van der Waals surface area contributed by atoms with Crippen molar-refractivity contribution in [2.24, 2.45) is 7.05 Å². The van der Waals surface area contributed by atoms with E-state index in [9.17, 15) is 0 Å². The number of aryl methyl sites for hydroxylation is 1. The van der Waals surface area contributed by atoms with Crippen molar-refractivity contribution in [1.29, 1.82) is 0 Å². The minimum Gasteiger partial charge on any atom is -0.371 e. The van der Waals surface area contributed by atoms with Gasteiger partial charge in [-0.25, -0.2) is 0 Å². The van der Waals surface area contributed by atoms with Crippen LogP contribution in [0.25, 0.3) is 0 Å². The van der Waals surface area contributed by atoms with Gasteiger partial charge in [0.05, 0.1) is 18.9 Å². The molecule has 2 heterocycles. The first-order valence-corrected chi connectivity index (χ1v) is 5.08. The number of hydrogen-bond acceptors (Lipinski definition) is 3. The van der Waals surface area contributed by atoms with Crippen LogP contribution in [-0.2, 0) is 11.8 Å². The zero-order chi connectivity index (χ0) is 9.26. The highest BCUT2D eigenvalue weighted by molar-refractivity contribution is 9.10. The summed E-state index contributed by atoms with van der Waals surface area (Å²) in [5.74, 6) is 0. The number of morpholine rings is 1. The molecule has 1 aliphatic heterocycles. The summed E-state index contributed by atoms with van der Waals surface area (Å²) in [7, 11) is 1.91. The Labute approximate surface area is 85.4 Å². The van der Waals surface area contributed by atoms with Gasteiger partial charge in [-0.3, -0.25) is 4.68 Å². The Balaban J connectivity index is 2.18. The highest BCUT2D eigenvalue weighted by Crippen LogP contribution is 2.25. The SMILES string of the molecule is Cn1ncc(C2CNCCO2)c1Br. The van der Waals surface area contributed by atoms with E-state index in [0.29, 0.717) is 0 Å². The molecule has 1 aromatic rings. The largest absolute Gasteiger partial charge is 0.371 e. The van der Waals surface area contributed by atoms with E-state index in [1.165, 1.54) is 0 Å². The molecule has 1 aliphatic rings. The Morgan fingerprint density at radius 3 is 3.15 bits per heavy atom. The minimum atomic E-state index is 0.136. The average molecular weight is 246 g/mol. The topological polar surface area (TPSA) is 39.1 Å². The number of ether oxygens (including phenoxy) is 1. The van der Waals surface area contributed by atoms with Crippen LogP contribution >= 0.6 is 15.9 Å². The molecule has 1 fully saturated rings. The Kier molecular flexibility index (Phi) is 2.66. The van der Waals surface area contributed by atoms with Crippen molar-refractivity contribution < 1.29 is 4.74 Å². The van der Waals surface area contributed by atoms with Gasteiger partial charge < -0.3 is 10.1 Å². The van der Waals surface area contributed by atoms with Gasteiger partial charge in [0, 0.05) is 25.7 Å².